The van der Waals surface area contributed by atoms with Gasteiger partial charge in [-0.3, -0.25) is 0 Å². The molecule has 0 N–H and O–H groups in total. The Morgan fingerprint density at radius 2 is 0.583 bits per heavy atom. The maximum Gasteiger partial charge on any atom is 0.454 e. The maximum absolute atomic E-state index is 15.3. The van der Waals surface area contributed by atoms with Crippen LogP contribution in [-0.4, -0.2) is 48.4 Å². The summed E-state index contributed by atoms with van der Waals surface area (Å²) < 4.78 is 288. The zero-order valence-electron chi connectivity index (χ0n) is 31.7. The summed E-state index contributed by atoms with van der Waals surface area (Å²) in [6, 6.07) is 2.91. The minimum Gasteiger partial charge on any atom is -0.195 e. The van der Waals surface area contributed by atoms with E-state index in [0.29, 0.717) is 39.8 Å². The van der Waals surface area contributed by atoms with Gasteiger partial charge in [0.25, 0.3) is 0 Å². The highest BCUT2D eigenvalue weighted by Crippen LogP contribution is 2.65. The summed E-state index contributed by atoms with van der Waals surface area (Å²) in [6.45, 7) is 1.65. The molecule has 0 aromatic heterocycles. The molecule has 4 aliphatic carbocycles. The van der Waals surface area contributed by atoms with Crippen molar-refractivity contribution in [3.63, 3.8) is 0 Å². The lowest BCUT2D eigenvalue weighted by molar-refractivity contribution is -0.321. The monoisotopic (exact) mass is 894 g/mol. The summed E-state index contributed by atoms with van der Waals surface area (Å²) in [7, 11) is 0. The van der Waals surface area contributed by atoms with Crippen LogP contribution in [0.5, 0.6) is 0 Å². The Labute approximate surface area is 329 Å². The van der Waals surface area contributed by atoms with E-state index in [1.54, 1.807) is 0 Å². The number of fused-ring (bicyclic) bond motifs is 4. The highest BCUT2D eigenvalue weighted by molar-refractivity contribution is 5.80. The SMILES string of the molecule is CC1(C(F)(F)C(F)(F)F)CCC(C)(C(F)(F)C(F)(F)F)c2cc3c(cc21)CC=C3CCC1=CCc2cc3c(cc21)C(C)(C(F)(F)C(F)(F)F)CCC3(C)C(F)(F)C(F)(F)F. The van der Waals surface area contributed by atoms with Gasteiger partial charge in [0.1, 0.15) is 0 Å². The van der Waals surface area contributed by atoms with Crippen molar-refractivity contribution in [1.82, 2.24) is 0 Å². The van der Waals surface area contributed by atoms with Gasteiger partial charge in [-0.1, -0.05) is 36.4 Å². The molecule has 0 fully saturated rings. The van der Waals surface area contributed by atoms with Gasteiger partial charge < -0.3 is 0 Å². The predicted octanol–water partition coefficient (Wildman–Crippen LogP) is 14.5. The standard InChI is InChI=1S/C40H34F20/c1-29(33(41,42)37(49,50)51)11-13-31(3,35(45,46)39(55,56)57)27-17-23-19(7-9-21(23)15-25(27)29)5-6-20-8-10-22-16-26-28(18-24(20)22)32(4,36(47,48)40(58,59)60)14-12-30(26,2)34(43,44)38(52,53)54/h7-8,15-18H,5-6,9-14H2,1-4H3. The summed E-state index contributed by atoms with van der Waals surface area (Å²) in [5.74, 6) is -22.5. The van der Waals surface area contributed by atoms with Gasteiger partial charge in [-0.15, -0.1) is 0 Å². The normalized spacial score (nSPS) is 27.9. The third kappa shape index (κ3) is 5.99. The van der Waals surface area contributed by atoms with Crippen LogP contribution in [0.1, 0.15) is 111 Å². The lowest BCUT2D eigenvalue weighted by Crippen LogP contribution is -2.61. The minimum atomic E-state index is -6.28. The first-order valence-electron chi connectivity index (χ1n) is 18.3. The molecule has 0 bridgehead atoms. The second kappa shape index (κ2) is 13.0. The Bertz CT molecular complexity index is 1990. The van der Waals surface area contributed by atoms with E-state index in [9.17, 15) is 52.7 Å². The van der Waals surface area contributed by atoms with Crippen molar-refractivity contribution in [1.29, 1.82) is 0 Å². The zero-order chi connectivity index (χ0) is 45.7. The van der Waals surface area contributed by atoms with Gasteiger partial charge in [0.05, 0.1) is 21.7 Å². The largest absolute Gasteiger partial charge is 0.454 e. The summed E-state index contributed by atoms with van der Waals surface area (Å²) in [5, 5.41) is 0. The van der Waals surface area contributed by atoms with E-state index in [4.69, 9.17) is 0 Å². The van der Waals surface area contributed by atoms with Crippen molar-refractivity contribution >= 4 is 11.1 Å². The molecular weight excluding hydrogens is 860 g/mol. The van der Waals surface area contributed by atoms with Crippen molar-refractivity contribution in [3.8, 4) is 0 Å². The van der Waals surface area contributed by atoms with Gasteiger partial charge in [-0.05, 0) is 135 Å². The number of rotatable bonds is 7. The fourth-order valence-corrected chi connectivity index (χ4v) is 9.57. The molecule has 2 aromatic carbocycles. The van der Waals surface area contributed by atoms with Crippen LogP contribution in [0, 0.1) is 0 Å². The third-order valence-corrected chi connectivity index (χ3v) is 13.8. The molecule has 4 atom stereocenters. The van der Waals surface area contributed by atoms with E-state index in [1.807, 2.05) is 0 Å². The lowest BCUT2D eigenvalue weighted by atomic mass is 9.56. The Morgan fingerprint density at radius 1 is 0.367 bits per heavy atom. The summed E-state index contributed by atoms with van der Waals surface area (Å²) in [6.07, 6.45) is -29.0. The number of hydrogen-bond donors (Lipinski definition) is 0. The zero-order valence-corrected chi connectivity index (χ0v) is 31.7. The highest BCUT2D eigenvalue weighted by atomic mass is 19.4. The van der Waals surface area contributed by atoms with E-state index < -0.39 is 118 Å². The maximum atomic E-state index is 15.3. The van der Waals surface area contributed by atoms with E-state index in [2.05, 4.69) is 0 Å². The van der Waals surface area contributed by atoms with Crippen molar-refractivity contribution < 1.29 is 87.8 Å². The van der Waals surface area contributed by atoms with Crippen molar-refractivity contribution in [2.45, 2.75) is 149 Å². The molecule has 0 saturated carbocycles. The average Bonchev–Trinajstić information content (AvgIpc) is 3.70. The van der Waals surface area contributed by atoms with Crippen LogP contribution in [-0.2, 0) is 34.5 Å². The molecule has 0 radical (unpaired) electrons. The molecule has 334 valence electrons. The first-order valence-corrected chi connectivity index (χ1v) is 18.3. The Hall–Kier alpha value is -3.48. The minimum absolute atomic E-state index is 0.0163. The van der Waals surface area contributed by atoms with E-state index in [-0.39, 0.29) is 59.1 Å². The molecular formula is C40H34F20. The molecule has 6 rings (SSSR count). The molecule has 60 heavy (non-hydrogen) atoms. The molecule has 2 aromatic rings. The third-order valence-electron chi connectivity index (χ3n) is 13.8. The smallest absolute Gasteiger partial charge is 0.195 e. The number of allylic oxidation sites excluding steroid dienone is 4. The molecule has 20 heteroatoms. The fraction of sp³-hybridized carbons (Fsp3) is 0.600. The van der Waals surface area contributed by atoms with Crippen LogP contribution in [0.3, 0.4) is 0 Å². The Kier molecular flexibility index (Phi) is 10.0. The number of hydrogen-bond acceptors (Lipinski definition) is 0. The molecule has 0 aliphatic heterocycles. The summed E-state index contributed by atoms with van der Waals surface area (Å²) in [5.41, 5.74) is -17.6. The molecule has 0 spiro atoms. The molecule has 0 heterocycles. The van der Waals surface area contributed by atoms with Gasteiger partial charge >= 0.3 is 48.4 Å². The topological polar surface area (TPSA) is 0 Å². The van der Waals surface area contributed by atoms with Gasteiger partial charge in [-0.25, -0.2) is 0 Å². The first-order chi connectivity index (χ1) is 26.8. The van der Waals surface area contributed by atoms with E-state index in [0.717, 1.165) is 12.1 Å². The fourth-order valence-electron chi connectivity index (χ4n) is 9.57. The molecule has 0 saturated heterocycles. The lowest BCUT2D eigenvalue weighted by Gasteiger charge is -2.50. The van der Waals surface area contributed by atoms with Crippen molar-refractivity contribution in [3.05, 3.63) is 80.9 Å². The van der Waals surface area contributed by atoms with Crippen molar-refractivity contribution in [2.24, 2.45) is 0 Å². The Morgan fingerprint density at radius 3 is 0.800 bits per heavy atom. The number of alkyl halides is 20. The second-order valence-electron chi connectivity index (χ2n) is 17.1. The van der Waals surface area contributed by atoms with E-state index >= 15 is 35.1 Å². The number of benzene rings is 2. The van der Waals surface area contributed by atoms with Crippen LogP contribution in [0.4, 0.5) is 87.8 Å². The van der Waals surface area contributed by atoms with Crippen LogP contribution >= 0.6 is 0 Å². The van der Waals surface area contributed by atoms with Crippen LogP contribution < -0.4 is 0 Å². The van der Waals surface area contributed by atoms with Crippen molar-refractivity contribution in [2.75, 3.05) is 0 Å². The van der Waals surface area contributed by atoms with Gasteiger partial charge in [0.2, 0.25) is 0 Å². The number of halogens is 20. The summed E-state index contributed by atoms with van der Waals surface area (Å²) >= 11 is 0. The quantitative estimate of drug-likeness (QED) is 0.243. The van der Waals surface area contributed by atoms with Gasteiger partial charge in [0.15, 0.2) is 0 Å². The highest BCUT2D eigenvalue weighted by Gasteiger charge is 2.76. The van der Waals surface area contributed by atoms with Crippen LogP contribution in [0.2, 0.25) is 0 Å². The average molecular weight is 895 g/mol. The molecule has 0 nitrogen and oxygen atoms in total. The molecule has 4 aliphatic rings. The van der Waals surface area contributed by atoms with E-state index in [1.165, 1.54) is 12.2 Å². The van der Waals surface area contributed by atoms with Gasteiger partial charge in [0, 0.05) is 0 Å². The second-order valence-corrected chi connectivity index (χ2v) is 17.1. The van der Waals surface area contributed by atoms with Crippen LogP contribution in [0.25, 0.3) is 11.1 Å². The Balaban J connectivity index is 1.43. The molecule has 4 unspecified atom stereocenters. The van der Waals surface area contributed by atoms with Crippen LogP contribution in [0.15, 0.2) is 36.4 Å². The summed E-state index contributed by atoms with van der Waals surface area (Å²) in [4.78, 5) is 0. The first kappa shape index (κ1) is 46.0. The van der Waals surface area contributed by atoms with Gasteiger partial charge in [-0.2, -0.15) is 87.8 Å². The predicted molar refractivity (Wildman–Crippen MR) is 177 cm³/mol. The molecule has 0 amide bonds.